The van der Waals surface area contributed by atoms with Crippen molar-refractivity contribution < 1.29 is 22.4 Å². The Labute approximate surface area is 123 Å². The first-order valence-corrected chi connectivity index (χ1v) is 6.00. The van der Waals surface area contributed by atoms with Gasteiger partial charge in [0.05, 0.1) is 5.56 Å². The van der Waals surface area contributed by atoms with E-state index in [1.165, 1.54) is 24.3 Å². The van der Waals surface area contributed by atoms with Crippen LogP contribution in [0.15, 0.2) is 46.4 Å². The summed E-state index contributed by atoms with van der Waals surface area (Å²) in [5.41, 5.74) is 4.10. The van der Waals surface area contributed by atoms with Gasteiger partial charge in [-0.1, -0.05) is 12.1 Å². The van der Waals surface area contributed by atoms with Crippen molar-refractivity contribution in [1.29, 1.82) is 5.26 Å². The molecular formula is C15H9F3N2O2. The van der Waals surface area contributed by atoms with Crippen LogP contribution in [0.2, 0.25) is 0 Å². The van der Waals surface area contributed by atoms with Gasteiger partial charge in [0.15, 0.2) is 0 Å². The van der Waals surface area contributed by atoms with Crippen molar-refractivity contribution in [2.45, 2.75) is 6.18 Å². The van der Waals surface area contributed by atoms with Crippen molar-refractivity contribution in [2.75, 3.05) is 0 Å². The van der Waals surface area contributed by atoms with Crippen LogP contribution in [0.5, 0.6) is 0 Å². The normalized spacial score (nSPS) is 12.0. The van der Waals surface area contributed by atoms with Crippen LogP contribution in [-0.2, 0) is 11.0 Å². The molecule has 2 N–H and O–H groups in total. The van der Waals surface area contributed by atoms with Crippen LogP contribution < -0.4 is 5.73 Å². The highest BCUT2D eigenvalue weighted by molar-refractivity contribution is 6.00. The molecule has 1 heterocycles. The summed E-state index contributed by atoms with van der Waals surface area (Å²) in [5.74, 6) is -0.596. The molecular weight excluding hydrogens is 297 g/mol. The molecule has 0 aliphatic rings. The molecule has 0 spiro atoms. The Morgan fingerprint density at radius 1 is 1.27 bits per heavy atom. The van der Waals surface area contributed by atoms with Gasteiger partial charge in [-0.05, 0) is 24.3 Å². The Hall–Kier alpha value is -3.01. The average molecular weight is 306 g/mol. The summed E-state index contributed by atoms with van der Waals surface area (Å²) in [4.78, 5) is 10.9. The minimum Gasteiger partial charge on any atom is -0.457 e. The Morgan fingerprint density at radius 3 is 2.59 bits per heavy atom. The number of amides is 1. The van der Waals surface area contributed by atoms with Crippen molar-refractivity contribution in [3.05, 3.63) is 53.3 Å². The number of carbonyl (C=O) groups is 1. The third-order valence-corrected chi connectivity index (χ3v) is 2.77. The van der Waals surface area contributed by atoms with E-state index in [0.717, 1.165) is 18.2 Å². The Kier molecular flexibility index (Phi) is 4.04. The molecule has 1 aromatic heterocycles. The molecule has 0 radical (unpaired) electrons. The zero-order valence-electron chi connectivity index (χ0n) is 11.0. The van der Waals surface area contributed by atoms with E-state index in [1.54, 1.807) is 6.07 Å². The molecule has 7 heteroatoms. The fourth-order valence-corrected chi connectivity index (χ4v) is 1.74. The maximum Gasteiger partial charge on any atom is 0.416 e. The highest BCUT2D eigenvalue weighted by Crippen LogP contribution is 2.32. The molecule has 1 amide bonds. The van der Waals surface area contributed by atoms with E-state index < -0.39 is 17.6 Å². The van der Waals surface area contributed by atoms with Crippen molar-refractivity contribution in [3.8, 4) is 17.4 Å². The lowest BCUT2D eigenvalue weighted by molar-refractivity contribution is -0.137. The number of benzene rings is 1. The molecule has 0 aliphatic carbocycles. The fourth-order valence-electron chi connectivity index (χ4n) is 1.74. The monoisotopic (exact) mass is 306 g/mol. The molecule has 0 saturated carbocycles. The largest absolute Gasteiger partial charge is 0.457 e. The number of hydrogen-bond donors (Lipinski definition) is 1. The molecule has 22 heavy (non-hydrogen) atoms. The van der Waals surface area contributed by atoms with Gasteiger partial charge < -0.3 is 10.2 Å². The van der Waals surface area contributed by atoms with Crippen LogP contribution in [0.4, 0.5) is 13.2 Å². The number of hydrogen-bond acceptors (Lipinski definition) is 3. The van der Waals surface area contributed by atoms with E-state index in [2.05, 4.69) is 0 Å². The lowest BCUT2D eigenvalue weighted by Gasteiger charge is -2.07. The zero-order chi connectivity index (χ0) is 16.3. The summed E-state index contributed by atoms with van der Waals surface area (Å²) in [6.07, 6.45) is -3.33. The predicted molar refractivity (Wildman–Crippen MR) is 71.9 cm³/mol. The van der Waals surface area contributed by atoms with Crippen LogP contribution >= 0.6 is 0 Å². The molecule has 2 rings (SSSR count). The van der Waals surface area contributed by atoms with Crippen LogP contribution in [0.3, 0.4) is 0 Å². The number of nitrogens with two attached hydrogens (primary N) is 1. The van der Waals surface area contributed by atoms with Crippen molar-refractivity contribution in [2.24, 2.45) is 5.73 Å². The first-order chi connectivity index (χ1) is 10.3. The van der Waals surface area contributed by atoms with Crippen LogP contribution in [0, 0.1) is 11.3 Å². The second-order valence-electron chi connectivity index (χ2n) is 4.31. The van der Waals surface area contributed by atoms with E-state index in [0.29, 0.717) is 0 Å². The molecule has 0 atom stereocenters. The van der Waals surface area contributed by atoms with Crippen LogP contribution in [0.25, 0.3) is 17.4 Å². The number of furan rings is 1. The highest BCUT2D eigenvalue weighted by Gasteiger charge is 2.30. The number of halogens is 3. The van der Waals surface area contributed by atoms with Crippen LogP contribution in [0.1, 0.15) is 11.3 Å². The number of nitrogens with zero attached hydrogens (tertiary/aromatic N) is 1. The molecule has 4 nitrogen and oxygen atoms in total. The maximum absolute atomic E-state index is 12.7. The van der Waals surface area contributed by atoms with E-state index in [1.807, 2.05) is 0 Å². The van der Waals surface area contributed by atoms with Gasteiger partial charge in [0.1, 0.15) is 23.2 Å². The van der Waals surface area contributed by atoms with Gasteiger partial charge in [0.25, 0.3) is 5.91 Å². The summed E-state index contributed by atoms with van der Waals surface area (Å²) >= 11 is 0. The molecule has 0 unspecified atom stereocenters. The molecule has 0 saturated heterocycles. The summed E-state index contributed by atoms with van der Waals surface area (Å²) < 4.78 is 43.3. The highest BCUT2D eigenvalue weighted by atomic mass is 19.4. The van der Waals surface area contributed by atoms with E-state index in [4.69, 9.17) is 15.4 Å². The van der Waals surface area contributed by atoms with Gasteiger partial charge in [-0.15, -0.1) is 0 Å². The summed E-state index contributed by atoms with van der Waals surface area (Å²) in [7, 11) is 0. The molecule has 112 valence electrons. The quantitative estimate of drug-likeness (QED) is 0.697. The fraction of sp³-hybridized carbons (Fsp3) is 0.0667. The Balaban J connectivity index is 2.37. The SMILES string of the molecule is N#C/C(=C/c1ccc(-c2cccc(C(F)(F)F)c2)o1)C(N)=O. The van der Waals surface area contributed by atoms with Gasteiger partial charge in [-0.2, -0.15) is 18.4 Å². The van der Waals surface area contributed by atoms with Gasteiger partial charge in [0, 0.05) is 11.6 Å². The predicted octanol–water partition coefficient (Wildman–Crippen LogP) is 3.36. The van der Waals surface area contributed by atoms with Gasteiger partial charge in [0.2, 0.25) is 0 Å². The third-order valence-electron chi connectivity index (χ3n) is 2.77. The van der Waals surface area contributed by atoms with Gasteiger partial charge in [-0.25, -0.2) is 0 Å². The number of rotatable bonds is 3. The van der Waals surface area contributed by atoms with Gasteiger partial charge >= 0.3 is 6.18 Å². The average Bonchev–Trinajstić information content (AvgIpc) is 2.92. The van der Waals surface area contributed by atoms with Gasteiger partial charge in [-0.3, -0.25) is 4.79 Å². The lowest BCUT2D eigenvalue weighted by Crippen LogP contribution is -2.12. The smallest absolute Gasteiger partial charge is 0.416 e. The first-order valence-electron chi connectivity index (χ1n) is 6.00. The second kappa shape index (κ2) is 5.77. The number of primary amides is 1. The molecule has 1 aromatic carbocycles. The van der Waals surface area contributed by atoms with Crippen molar-refractivity contribution in [3.63, 3.8) is 0 Å². The van der Waals surface area contributed by atoms with E-state index in [-0.39, 0.29) is 22.7 Å². The molecule has 0 bridgehead atoms. The molecule has 0 aliphatic heterocycles. The number of alkyl halides is 3. The summed E-state index contributed by atoms with van der Waals surface area (Å²) in [5, 5.41) is 8.72. The maximum atomic E-state index is 12.7. The lowest BCUT2D eigenvalue weighted by atomic mass is 10.1. The van der Waals surface area contributed by atoms with Crippen LogP contribution in [-0.4, -0.2) is 5.91 Å². The second-order valence-corrected chi connectivity index (χ2v) is 4.31. The summed E-state index contributed by atoms with van der Waals surface area (Å²) in [6, 6.07) is 9.10. The molecule has 2 aromatic rings. The van der Waals surface area contributed by atoms with E-state index in [9.17, 15) is 18.0 Å². The number of nitriles is 1. The van der Waals surface area contributed by atoms with Crippen molar-refractivity contribution in [1.82, 2.24) is 0 Å². The molecule has 0 fully saturated rings. The van der Waals surface area contributed by atoms with E-state index >= 15 is 0 Å². The minimum atomic E-state index is -4.45. The topological polar surface area (TPSA) is 80.0 Å². The Morgan fingerprint density at radius 2 is 2.00 bits per heavy atom. The standard InChI is InChI=1S/C15H9F3N2O2/c16-15(17,18)11-3-1-2-9(6-11)13-5-4-12(22-13)7-10(8-19)14(20)21/h1-7H,(H2,20,21)/b10-7-. The number of carbonyl (C=O) groups excluding carboxylic acids is 1. The summed E-state index contributed by atoms with van der Waals surface area (Å²) in [6.45, 7) is 0. The third kappa shape index (κ3) is 3.35. The van der Waals surface area contributed by atoms with Crippen molar-refractivity contribution >= 4 is 12.0 Å². The minimum absolute atomic E-state index is 0.141. The first kappa shape index (κ1) is 15.4. The Bertz CT molecular complexity index is 783. The zero-order valence-corrected chi connectivity index (χ0v) is 11.0.